The van der Waals surface area contributed by atoms with Crippen LogP contribution in [0.15, 0.2) is 12.1 Å². The molecule has 0 aliphatic carbocycles. The van der Waals surface area contributed by atoms with Crippen LogP contribution >= 0.6 is 0 Å². The Labute approximate surface area is 129 Å². The Kier molecular flexibility index (Phi) is 4.11. The molecular weight excluding hydrogens is 286 g/mol. The van der Waals surface area contributed by atoms with Crippen molar-refractivity contribution >= 4 is 5.91 Å². The van der Waals surface area contributed by atoms with Gasteiger partial charge >= 0.3 is 0 Å². The Hall–Kier alpha value is -1.95. The van der Waals surface area contributed by atoms with E-state index in [-0.39, 0.29) is 18.1 Å². The van der Waals surface area contributed by atoms with Crippen LogP contribution in [0, 0.1) is 0 Å². The summed E-state index contributed by atoms with van der Waals surface area (Å²) in [7, 11) is 1.56. The van der Waals surface area contributed by atoms with Gasteiger partial charge in [0.05, 0.1) is 25.9 Å². The standard InChI is InChI=1S/C16H21NO5/c1-10-9-22-11(2)8-17(10)16(18)12-6-13(19-3)15-14(7-12)20-4-5-21-15/h6-7,10-11H,4-5,8-9H2,1-3H3/t10-,11-/m0/s1. The molecule has 2 heterocycles. The topological polar surface area (TPSA) is 57.2 Å². The molecule has 0 aromatic heterocycles. The third-order valence-corrected chi connectivity index (χ3v) is 3.94. The van der Waals surface area contributed by atoms with E-state index in [1.54, 1.807) is 19.2 Å². The highest BCUT2D eigenvalue weighted by atomic mass is 16.6. The van der Waals surface area contributed by atoms with E-state index in [0.29, 0.717) is 49.2 Å². The predicted molar refractivity (Wildman–Crippen MR) is 79.9 cm³/mol. The van der Waals surface area contributed by atoms with E-state index in [9.17, 15) is 4.79 Å². The molecule has 1 amide bonds. The summed E-state index contributed by atoms with van der Waals surface area (Å²) >= 11 is 0. The normalized spacial score (nSPS) is 24.0. The van der Waals surface area contributed by atoms with E-state index in [0.717, 1.165) is 0 Å². The van der Waals surface area contributed by atoms with Gasteiger partial charge in [-0.25, -0.2) is 0 Å². The molecule has 0 bridgehead atoms. The van der Waals surface area contributed by atoms with Crippen molar-refractivity contribution in [3.05, 3.63) is 17.7 Å². The van der Waals surface area contributed by atoms with Crippen LogP contribution in [0.4, 0.5) is 0 Å². The Morgan fingerprint density at radius 1 is 1.27 bits per heavy atom. The maximum absolute atomic E-state index is 12.8. The van der Waals surface area contributed by atoms with E-state index in [1.807, 2.05) is 18.7 Å². The number of fused-ring (bicyclic) bond motifs is 1. The molecular formula is C16H21NO5. The maximum atomic E-state index is 12.8. The number of benzene rings is 1. The fraction of sp³-hybridized carbons (Fsp3) is 0.562. The van der Waals surface area contributed by atoms with Crippen LogP contribution in [0.25, 0.3) is 0 Å². The zero-order valence-electron chi connectivity index (χ0n) is 13.1. The van der Waals surface area contributed by atoms with Gasteiger partial charge < -0.3 is 23.8 Å². The van der Waals surface area contributed by atoms with Crippen LogP contribution in [-0.2, 0) is 4.74 Å². The second kappa shape index (κ2) is 6.04. The molecule has 0 unspecified atom stereocenters. The van der Waals surface area contributed by atoms with Gasteiger partial charge in [-0.1, -0.05) is 0 Å². The van der Waals surface area contributed by atoms with E-state index in [2.05, 4.69) is 0 Å². The smallest absolute Gasteiger partial charge is 0.254 e. The highest BCUT2D eigenvalue weighted by Gasteiger charge is 2.30. The number of morpholine rings is 1. The van der Waals surface area contributed by atoms with Crippen LogP contribution in [-0.4, -0.2) is 56.4 Å². The van der Waals surface area contributed by atoms with Gasteiger partial charge in [-0.3, -0.25) is 4.79 Å². The average Bonchev–Trinajstić information content (AvgIpc) is 2.55. The Morgan fingerprint density at radius 2 is 2.05 bits per heavy atom. The van der Waals surface area contributed by atoms with Crippen molar-refractivity contribution in [3.63, 3.8) is 0 Å². The monoisotopic (exact) mass is 307 g/mol. The fourth-order valence-corrected chi connectivity index (χ4v) is 2.75. The van der Waals surface area contributed by atoms with Gasteiger partial charge in [0.25, 0.3) is 5.91 Å². The summed E-state index contributed by atoms with van der Waals surface area (Å²) in [5.41, 5.74) is 0.544. The first-order valence-electron chi connectivity index (χ1n) is 7.50. The maximum Gasteiger partial charge on any atom is 0.254 e. The Bertz CT molecular complexity index is 557. The van der Waals surface area contributed by atoms with Crippen LogP contribution in [0.1, 0.15) is 24.2 Å². The number of nitrogens with zero attached hydrogens (tertiary/aromatic N) is 1. The molecule has 0 N–H and O–H groups in total. The molecule has 2 aliphatic rings. The molecule has 6 nitrogen and oxygen atoms in total. The molecule has 0 spiro atoms. The lowest BCUT2D eigenvalue weighted by Crippen LogP contribution is -2.50. The molecule has 2 atom stereocenters. The number of ether oxygens (including phenoxy) is 4. The predicted octanol–water partition coefficient (Wildman–Crippen LogP) is 1.72. The largest absolute Gasteiger partial charge is 0.493 e. The van der Waals surface area contributed by atoms with Crippen molar-refractivity contribution in [1.82, 2.24) is 4.90 Å². The molecule has 1 aromatic carbocycles. The Morgan fingerprint density at radius 3 is 2.82 bits per heavy atom. The quantitative estimate of drug-likeness (QED) is 0.832. The molecule has 120 valence electrons. The SMILES string of the molecule is COc1cc(C(=O)N2C[C@H](C)OC[C@@H]2C)cc2c1OCCO2. The number of hydrogen-bond acceptors (Lipinski definition) is 5. The van der Waals surface area contributed by atoms with Crippen LogP contribution < -0.4 is 14.2 Å². The second-order valence-corrected chi connectivity index (χ2v) is 5.65. The highest BCUT2D eigenvalue weighted by Crippen LogP contribution is 2.40. The van der Waals surface area contributed by atoms with Gasteiger partial charge in [0.2, 0.25) is 5.75 Å². The van der Waals surface area contributed by atoms with Gasteiger partial charge in [0.1, 0.15) is 13.2 Å². The van der Waals surface area contributed by atoms with Gasteiger partial charge in [0.15, 0.2) is 11.5 Å². The summed E-state index contributed by atoms with van der Waals surface area (Å²) < 4.78 is 22.1. The van der Waals surface area contributed by atoms with Crippen LogP contribution in [0.5, 0.6) is 17.2 Å². The number of carbonyl (C=O) groups excluding carboxylic acids is 1. The summed E-state index contributed by atoms with van der Waals surface area (Å²) in [6, 6.07) is 3.48. The fourth-order valence-electron chi connectivity index (χ4n) is 2.75. The molecule has 1 fully saturated rings. The van der Waals surface area contributed by atoms with Crippen molar-refractivity contribution in [2.75, 3.05) is 33.5 Å². The van der Waals surface area contributed by atoms with Gasteiger partial charge in [0, 0.05) is 12.1 Å². The van der Waals surface area contributed by atoms with E-state index >= 15 is 0 Å². The number of methoxy groups -OCH3 is 1. The summed E-state index contributed by atoms with van der Waals surface area (Å²) in [4.78, 5) is 14.7. The summed E-state index contributed by atoms with van der Waals surface area (Å²) in [5.74, 6) is 1.60. The van der Waals surface area contributed by atoms with Crippen LogP contribution in [0.2, 0.25) is 0 Å². The third kappa shape index (κ3) is 2.70. The summed E-state index contributed by atoms with van der Waals surface area (Å²) in [6.07, 6.45) is 0.0410. The minimum atomic E-state index is -0.0436. The lowest BCUT2D eigenvalue weighted by atomic mass is 10.1. The number of amides is 1. The lowest BCUT2D eigenvalue weighted by molar-refractivity contribution is -0.0387. The minimum absolute atomic E-state index is 0.0410. The van der Waals surface area contributed by atoms with Crippen molar-refractivity contribution in [3.8, 4) is 17.2 Å². The van der Waals surface area contributed by atoms with Crippen molar-refractivity contribution in [1.29, 1.82) is 0 Å². The first-order valence-corrected chi connectivity index (χ1v) is 7.50. The second-order valence-electron chi connectivity index (χ2n) is 5.65. The number of carbonyl (C=O) groups is 1. The summed E-state index contributed by atoms with van der Waals surface area (Å²) in [5, 5.41) is 0. The van der Waals surface area contributed by atoms with Gasteiger partial charge in [-0.15, -0.1) is 0 Å². The third-order valence-electron chi connectivity index (χ3n) is 3.94. The summed E-state index contributed by atoms with van der Waals surface area (Å²) in [6.45, 7) is 6.04. The first kappa shape index (κ1) is 15.0. The van der Waals surface area contributed by atoms with Crippen molar-refractivity contribution in [2.45, 2.75) is 26.0 Å². The van der Waals surface area contributed by atoms with Gasteiger partial charge in [-0.2, -0.15) is 0 Å². The molecule has 0 radical (unpaired) electrons. The lowest BCUT2D eigenvalue weighted by Gasteiger charge is -2.37. The van der Waals surface area contributed by atoms with Gasteiger partial charge in [-0.05, 0) is 26.0 Å². The molecule has 6 heteroatoms. The van der Waals surface area contributed by atoms with E-state index in [4.69, 9.17) is 18.9 Å². The zero-order chi connectivity index (χ0) is 15.7. The molecule has 1 aromatic rings. The first-order chi connectivity index (χ1) is 10.6. The van der Waals surface area contributed by atoms with Crippen molar-refractivity contribution < 1.29 is 23.7 Å². The zero-order valence-corrected chi connectivity index (χ0v) is 13.1. The number of rotatable bonds is 2. The molecule has 22 heavy (non-hydrogen) atoms. The van der Waals surface area contributed by atoms with Crippen LogP contribution in [0.3, 0.4) is 0 Å². The molecule has 2 aliphatic heterocycles. The van der Waals surface area contributed by atoms with E-state index < -0.39 is 0 Å². The van der Waals surface area contributed by atoms with E-state index in [1.165, 1.54) is 0 Å². The minimum Gasteiger partial charge on any atom is -0.493 e. The Balaban J connectivity index is 1.92. The average molecular weight is 307 g/mol. The highest BCUT2D eigenvalue weighted by molar-refractivity contribution is 5.96. The van der Waals surface area contributed by atoms with Crippen molar-refractivity contribution in [2.24, 2.45) is 0 Å². The number of hydrogen-bond donors (Lipinski definition) is 0. The molecule has 3 rings (SSSR count). The molecule has 1 saturated heterocycles. The molecule has 0 saturated carbocycles.